The standard InChI is InChI=1S/C27H28N2O6/c1-16-13-18(11-12-21(16)29-25(31)19-7-3-4-8-20(19)26(29)32)35-27(33)17-14-24(30)28(15-17)22-9-5-6-10-23(22)34-2/h5-6,9-13,17,19-20H,3-4,7-8,14-15H2,1-2H3/t17-,19-,20+/m0/s1. The Labute approximate surface area is 203 Å². The zero-order valence-electron chi connectivity index (χ0n) is 19.9. The van der Waals surface area contributed by atoms with Crippen LogP contribution in [0.4, 0.5) is 11.4 Å². The van der Waals surface area contributed by atoms with Crippen LogP contribution in [0.15, 0.2) is 42.5 Å². The summed E-state index contributed by atoms with van der Waals surface area (Å²) in [7, 11) is 1.54. The summed E-state index contributed by atoms with van der Waals surface area (Å²) in [5.74, 6) is -1.11. The molecule has 2 heterocycles. The van der Waals surface area contributed by atoms with Crippen molar-refractivity contribution < 1.29 is 28.7 Å². The number of ether oxygens (including phenoxy) is 2. The molecular weight excluding hydrogens is 448 g/mol. The number of para-hydroxylation sites is 2. The Hall–Kier alpha value is -3.68. The third kappa shape index (κ3) is 4.07. The molecule has 3 aliphatic rings. The number of hydrogen-bond donors (Lipinski definition) is 0. The van der Waals surface area contributed by atoms with E-state index in [1.807, 2.05) is 12.1 Å². The second kappa shape index (κ2) is 9.17. The van der Waals surface area contributed by atoms with E-state index in [9.17, 15) is 19.2 Å². The van der Waals surface area contributed by atoms with Gasteiger partial charge in [0, 0.05) is 13.0 Å². The summed E-state index contributed by atoms with van der Waals surface area (Å²) in [5, 5.41) is 0. The first kappa shape index (κ1) is 23.1. The number of imide groups is 1. The van der Waals surface area contributed by atoms with Crippen molar-refractivity contribution >= 4 is 35.1 Å². The van der Waals surface area contributed by atoms with Crippen molar-refractivity contribution in [2.24, 2.45) is 17.8 Å². The molecular formula is C27H28N2O6. The van der Waals surface area contributed by atoms with Gasteiger partial charge in [-0.2, -0.15) is 0 Å². The van der Waals surface area contributed by atoms with Gasteiger partial charge >= 0.3 is 5.97 Å². The third-order valence-electron chi connectivity index (χ3n) is 7.30. The first-order valence-electron chi connectivity index (χ1n) is 12.0. The van der Waals surface area contributed by atoms with Crippen LogP contribution in [-0.4, -0.2) is 37.3 Å². The van der Waals surface area contributed by atoms with E-state index in [1.165, 1.54) is 12.0 Å². The molecule has 8 nitrogen and oxygen atoms in total. The van der Waals surface area contributed by atoms with E-state index in [-0.39, 0.29) is 42.5 Å². The summed E-state index contributed by atoms with van der Waals surface area (Å²) in [6.45, 7) is 1.99. The molecule has 2 saturated heterocycles. The molecule has 0 radical (unpaired) electrons. The van der Waals surface area contributed by atoms with Crippen LogP contribution >= 0.6 is 0 Å². The van der Waals surface area contributed by atoms with Crippen LogP contribution < -0.4 is 19.3 Å². The highest BCUT2D eigenvalue weighted by atomic mass is 16.5. The molecule has 0 spiro atoms. The zero-order chi connectivity index (χ0) is 24.7. The Morgan fingerprint density at radius 2 is 1.63 bits per heavy atom. The summed E-state index contributed by atoms with van der Waals surface area (Å²) >= 11 is 0. The van der Waals surface area contributed by atoms with Crippen molar-refractivity contribution in [1.82, 2.24) is 0 Å². The number of aryl methyl sites for hydroxylation is 1. The van der Waals surface area contributed by atoms with E-state index in [1.54, 1.807) is 42.2 Å². The number of carbonyl (C=O) groups excluding carboxylic acids is 4. The molecule has 3 atom stereocenters. The number of benzene rings is 2. The molecule has 8 heteroatoms. The third-order valence-corrected chi connectivity index (χ3v) is 7.30. The fraction of sp³-hybridized carbons (Fsp3) is 0.407. The van der Waals surface area contributed by atoms with Gasteiger partial charge in [0.15, 0.2) is 0 Å². The second-order valence-electron chi connectivity index (χ2n) is 9.46. The minimum atomic E-state index is -0.614. The van der Waals surface area contributed by atoms with Crippen molar-refractivity contribution in [3.05, 3.63) is 48.0 Å². The molecule has 5 rings (SSSR count). The van der Waals surface area contributed by atoms with Crippen LogP contribution in [0.1, 0.15) is 37.7 Å². The molecule has 3 amide bonds. The van der Waals surface area contributed by atoms with Gasteiger partial charge in [-0.1, -0.05) is 25.0 Å². The number of carbonyl (C=O) groups is 4. The first-order chi connectivity index (χ1) is 16.9. The minimum absolute atomic E-state index is 0.0491. The number of anilines is 2. The molecule has 1 aliphatic carbocycles. The van der Waals surface area contributed by atoms with Crippen molar-refractivity contribution in [3.63, 3.8) is 0 Å². The number of amides is 3. The maximum atomic E-state index is 12.9. The molecule has 1 saturated carbocycles. The lowest BCUT2D eigenvalue weighted by Gasteiger charge is -2.19. The van der Waals surface area contributed by atoms with Gasteiger partial charge in [-0.25, -0.2) is 4.90 Å². The molecule has 182 valence electrons. The molecule has 0 N–H and O–H groups in total. The van der Waals surface area contributed by atoms with Gasteiger partial charge in [-0.15, -0.1) is 0 Å². The smallest absolute Gasteiger partial charge is 0.316 e. The fourth-order valence-corrected chi connectivity index (χ4v) is 5.49. The number of nitrogens with zero attached hydrogens (tertiary/aromatic N) is 2. The molecule has 3 fully saturated rings. The molecule has 0 aromatic heterocycles. The molecule has 2 aliphatic heterocycles. The van der Waals surface area contributed by atoms with Crippen LogP contribution in [0.5, 0.6) is 11.5 Å². The van der Waals surface area contributed by atoms with Gasteiger partial charge in [0.05, 0.1) is 36.2 Å². The summed E-state index contributed by atoms with van der Waals surface area (Å²) in [6, 6.07) is 12.1. The molecule has 35 heavy (non-hydrogen) atoms. The molecule has 2 aromatic carbocycles. The maximum Gasteiger partial charge on any atom is 0.316 e. The van der Waals surface area contributed by atoms with E-state index in [0.717, 1.165) is 25.7 Å². The van der Waals surface area contributed by atoms with E-state index in [2.05, 4.69) is 0 Å². The van der Waals surface area contributed by atoms with Gasteiger partial charge in [0.1, 0.15) is 11.5 Å². The largest absolute Gasteiger partial charge is 0.495 e. The van der Waals surface area contributed by atoms with Gasteiger partial charge in [0.2, 0.25) is 17.7 Å². The topological polar surface area (TPSA) is 93.2 Å². The quantitative estimate of drug-likeness (QED) is 0.372. The Bertz CT molecular complexity index is 1180. The number of methoxy groups -OCH3 is 1. The molecule has 0 bridgehead atoms. The van der Waals surface area contributed by atoms with Gasteiger partial charge < -0.3 is 14.4 Å². The van der Waals surface area contributed by atoms with E-state index >= 15 is 0 Å². The van der Waals surface area contributed by atoms with Crippen molar-refractivity contribution in [2.75, 3.05) is 23.5 Å². The van der Waals surface area contributed by atoms with Crippen molar-refractivity contribution in [3.8, 4) is 11.5 Å². The lowest BCUT2D eigenvalue weighted by atomic mass is 9.81. The van der Waals surface area contributed by atoms with Crippen LogP contribution in [0.3, 0.4) is 0 Å². The average molecular weight is 477 g/mol. The van der Waals surface area contributed by atoms with Crippen molar-refractivity contribution in [1.29, 1.82) is 0 Å². The summed E-state index contributed by atoms with van der Waals surface area (Å²) in [4.78, 5) is 54.2. The van der Waals surface area contributed by atoms with Crippen molar-refractivity contribution in [2.45, 2.75) is 39.0 Å². The Morgan fingerprint density at radius 1 is 0.943 bits per heavy atom. The van der Waals surface area contributed by atoms with Gasteiger partial charge in [-0.05, 0) is 55.7 Å². The number of hydrogen-bond acceptors (Lipinski definition) is 6. The summed E-state index contributed by atoms with van der Waals surface area (Å²) < 4.78 is 10.9. The Balaban J connectivity index is 1.29. The summed E-state index contributed by atoms with van der Waals surface area (Å²) in [6.07, 6.45) is 3.51. The Morgan fingerprint density at radius 3 is 2.29 bits per heavy atom. The zero-order valence-corrected chi connectivity index (χ0v) is 19.9. The van der Waals surface area contributed by atoms with Crippen LogP contribution in [0.25, 0.3) is 0 Å². The lowest BCUT2D eigenvalue weighted by molar-refractivity contribution is -0.139. The maximum absolute atomic E-state index is 12.9. The van der Waals surface area contributed by atoms with E-state index in [0.29, 0.717) is 28.4 Å². The average Bonchev–Trinajstić information content (AvgIpc) is 3.37. The van der Waals surface area contributed by atoms with E-state index in [4.69, 9.17) is 9.47 Å². The Kier molecular flexibility index (Phi) is 6.05. The lowest BCUT2D eigenvalue weighted by Crippen LogP contribution is -2.31. The second-order valence-corrected chi connectivity index (χ2v) is 9.46. The first-order valence-corrected chi connectivity index (χ1v) is 12.0. The predicted molar refractivity (Wildman–Crippen MR) is 128 cm³/mol. The highest BCUT2D eigenvalue weighted by Crippen LogP contribution is 2.41. The number of esters is 1. The van der Waals surface area contributed by atoms with Crippen LogP contribution in [-0.2, 0) is 19.2 Å². The monoisotopic (exact) mass is 476 g/mol. The van der Waals surface area contributed by atoms with Gasteiger partial charge in [-0.3, -0.25) is 19.2 Å². The highest BCUT2D eigenvalue weighted by molar-refractivity contribution is 6.22. The minimum Gasteiger partial charge on any atom is -0.495 e. The van der Waals surface area contributed by atoms with Crippen LogP contribution in [0, 0.1) is 24.7 Å². The number of rotatable bonds is 5. The SMILES string of the molecule is COc1ccccc1N1C[C@@H](C(=O)Oc2ccc(N3C(=O)[C@H]4CCCC[C@H]4C3=O)c(C)c2)CC1=O. The normalized spacial score (nSPS) is 24.1. The van der Waals surface area contributed by atoms with Gasteiger partial charge in [0.25, 0.3) is 0 Å². The fourth-order valence-electron chi connectivity index (χ4n) is 5.49. The predicted octanol–water partition coefficient (Wildman–Crippen LogP) is 3.64. The van der Waals surface area contributed by atoms with Crippen LogP contribution in [0.2, 0.25) is 0 Å². The molecule has 2 aromatic rings. The highest BCUT2D eigenvalue weighted by Gasteiger charge is 2.49. The summed E-state index contributed by atoms with van der Waals surface area (Å²) in [5.41, 5.74) is 1.83. The number of fused-ring (bicyclic) bond motifs is 1. The van der Waals surface area contributed by atoms with E-state index < -0.39 is 11.9 Å². The molecule has 0 unspecified atom stereocenters.